The number of carbonyl (C=O) groups is 1. The van der Waals surface area contributed by atoms with Crippen LogP contribution in [0.3, 0.4) is 0 Å². The molecule has 0 radical (unpaired) electrons. The molecule has 0 unspecified atom stereocenters. The largest absolute Gasteiger partial charge is 0.393 e. The third-order valence-electron chi connectivity index (χ3n) is 3.64. The summed E-state index contributed by atoms with van der Waals surface area (Å²) >= 11 is 0. The smallest absolute Gasteiger partial charge is 0.293 e. The van der Waals surface area contributed by atoms with Crippen LogP contribution in [0.5, 0.6) is 0 Å². The van der Waals surface area contributed by atoms with E-state index in [4.69, 9.17) is 0 Å². The molecule has 1 aliphatic rings. The highest BCUT2D eigenvalue weighted by atomic mass is 16.6. The molecule has 0 aliphatic heterocycles. The van der Waals surface area contributed by atoms with Crippen LogP contribution in [0.2, 0.25) is 0 Å². The second-order valence-electron chi connectivity index (χ2n) is 5.56. The molecule has 1 amide bonds. The highest BCUT2D eigenvalue weighted by Gasteiger charge is 2.27. The molecule has 2 rings (SSSR count). The summed E-state index contributed by atoms with van der Waals surface area (Å²) in [6.07, 6.45) is 1.20. The maximum absolute atomic E-state index is 11.8. The summed E-state index contributed by atoms with van der Waals surface area (Å²) in [5.74, 6) is 0.0643. The second-order valence-corrected chi connectivity index (χ2v) is 5.56. The predicted molar refractivity (Wildman–Crippen MR) is 78.3 cm³/mol. The molecule has 0 bridgehead atoms. The Hall–Kier alpha value is -2.15. The van der Waals surface area contributed by atoms with Crippen LogP contribution in [0.4, 0.5) is 11.4 Å². The van der Waals surface area contributed by atoms with Crippen LogP contribution in [-0.4, -0.2) is 47.6 Å². The third-order valence-corrected chi connectivity index (χ3v) is 3.64. The van der Waals surface area contributed by atoms with Crippen LogP contribution in [-0.2, 0) is 0 Å². The van der Waals surface area contributed by atoms with Crippen molar-refractivity contribution in [3.8, 4) is 0 Å². The summed E-state index contributed by atoms with van der Waals surface area (Å²) in [7, 11) is 3.20. The van der Waals surface area contributed by atoms with Gasteiger partial charge in [0.15, 0.2) is 0 Å². The van der Waals surface area contributed by atoms with Gasteiger partial charge in [-0.3, -0.25) is 14.9 Å². The first-order valence-electron chi connectivity index (χ1n) is 6.80. The number of hydrogen-bond donors (Lipinski definition) is 2. The fraction of sp³-hybridized carbons (Fsp3) is 0.500. The van der Waals surface area contributed by atoms with Gasteiger partial charge in [-0.15, -0.1) is 0 Å². The fourth-order valence-electron chi connectivity index (χ4n) is 2.34. The number of nitro benzene ring substituents is 1. The van der Waals surface area contributed by atoms with Crippen LogP contribution in [0.25, 0.3) is 0 Å². The number of aliphatic hydroxyl groups is 1. The minimum atomic E-state index is -0.496. The van der Waals surface area contributed by atoms with E-state index in [0.29, 0.717) is 18.2 Å². The number of nitrogens with zero attached hydrogens (tertiary/aromatic N) is 2. The normalized spacial score (nSPS) is 20.5. The summed E-state index contributed by atoms with van der Waals surface area (Å²) in [4.78, 5) is 23.9. The number of aliphatic hydroxyl groups excluding tert-OH is 1. The van der Waals surface area contributed by atoms with Crippen molar-refractivity contribution in [3.63, 3.8) is 0 Å². The second kappa shape index (κ2) is 6.09. The Morgan fingerprint density at radius 3 is 2.67 bits per heavy atom. The van der Waals surface area contributed by atoms with Crippen LogP contribution in [0, 0.1) is 16.0 Å². The minimum absolute atomic E-state index is 0.109. The van der Waals surface area contributed by atoms with Gasteiger partial charge in [0, 0.05) is 32.3 Å². The Morgan fingerprint density at radius 2 is 2.14 bits per heavy atom. The molecule has 0 heterocycles. The van der Waals surface area contributed by atoms with E-state index in [-0.39, 0.29) is 23.3 Å². The molecule has 1 aromatic carbocycles. The van der Waals surface area contributed by atoms with E-state index in [0.717, 1.165) is 12.8 Å². The summed E-state index contributed by atoms with van der Waals surface area (Å²) in [5, 5.41) is 23.4. The zero-order valence-electron chi connectivity index (χ0n) is 12.1. The molecule has 7 nitrogen and oxygen atoms in total. The quantitative estimate of drug-likeness (QED) is 0.633. The summed E-state index contributed by atoms with van der Waals surface area (Å²) in [6, 6.07) is 4.43. The average Bonchev–Trinajstić information content (AvgIpc) is 2.41. The first-order valence-corrected chi connectivity index (χ1v) is 6.80. The van der Waals surface area contributed by atoms with Gasteiger partial charge in [0.2, 0.25) is 0 Å². The molecule has 0 spiro atoms. The number of carbonyl (C=O) groups excluding carboxylic acids is 1. The molecule has 1 saturated carbocycles. The van der Waals surface area contributed by atoms with E-state index >= 15 is 0 Å². The first-order chi connectivity index (χ1) is 9.88. The molecule has 2 N–H and O–H groups in total. The van der Waals surface area contributed by atoms with Crippen LogP contribution in [0.1, 0.15) is 23.2 Å². The maximum Gasteiger partial charge on any atom is 0.293 e. The summed E-state index contributed by atoms with van der Waals surface area (Å²) in [6.45, 7) is 0.582. The highest BCUT2D eigenvalue weighted by molar-refractivity contribution is 5.95. The lowest BCUT2D eigenvalue weighted by atomic mass is 9.82. The molecular formula is C14H19N3O4. The van der Waals surface area contributed by atoms with Crippen molar-refractivity contribution in [1.82, 2.24) is 4.90 Å². The van der Waals surface area contributed by atoms with Crippen LogP contribution >= 0.6 is 0 Å². The monoisotopic (exact) mass is 293 g/mol. The van der Waals surface area contributed by atoms with Gasteiger partial charge in [-0.05, 0) is 30.9 Å². The van der Waals surface area contributed by atoms with Gasteiger partial charge in [0.1, 0.15) is 5.69 Å². The molecule has 21 heavy (non-hydrogen) atoms. The van der Waals surface area contributed by atoms with E-state index in [2.05, 4.69) is 5.32 Å². The topological polar surface area (TPSA) is 95.7 Å². The van der Waals surface area contributed by atoms with Gasteiger partial charge in [-0.2, -0.15) is 0 Å². The number of rotatable bonds is 5. The van der Waals surface area contributed by atoms with E-state index in [1.54, 1.807) is 26.2 Å². The van der Waals surface area contributed by atoms with Crippen molar-refractivity contribution >= 4 is 17.3 Å². The van der Waals surface area contributed by atoms with Crippen molar-refractivity contribution < 1.29 is 14.8 Å². The molecule has 1 aliphatic carbocycles. The fourth-order valence-corrected chi connectivity index (χ4v) is 2.34. The van der Waals surface area contributed by atoms with Crippen molar-refractivity contribution in [2.75, 3.05) is 26.0 Å². The molecule has 0 aromatic heterocycles. The maximum atomic E-state index is 11.8. The molecule has 0 atom stereocenters. The lowest BCUT2D eigenvalue weighted by Crippen LogP contribution is -2.33. The van der Waals surface area contributed by atoms with Crippen molar-refractivity contribution in [1.29, 1.82) is 0 Å². The standard InChI is InChI=1S/C14H19N3O4/c1-16(2)14(19)10-3-4-12(13(7-10)17(20)21)15-8-9-5-11(18)6-9/h3-4,7,9,11,15,18H,5-6,8H2,1-2H3. The summed E-state index contributed by atoms with van der Waals surface area (Å²) < 4.78 is 0. The van der Waals surface area contributed by atoms with Crippen molar-refractivity contribution in [3.05, 3.63) is 33.9 Å². The Bertz CT molecular complexity index is 553. The van der Waals surface area contributed by atoms with Crippen LogP contribution in [0.15, 0.2) is 18.2 Å². The molecule has 1 aromatic rings. The highest BCUT2D eigenvalue weighted by Crippen LogP contribution is 2.30. The molecule has 7 heteroatoms. The van der Waals surface area contributed by atoms with E-state index < -0.39 is 4.92 Å². The van der Waals surface area contributed by atoms with Gasteiger partial charge in [-0.1, -0.05) is 0 Å². The number of anilines is 1. The van der Waals surface area contributed by atoms with Gasteiger partial charge in [0.05, 0.1) is 11.0 Å². The van der Waals surface area contributed by atoms with Gasteiger partial charge in [0.25, 0.3) is 11.6 Å². The van der Waals surface area contributed by atoms with Gasteiger partial charge >= 0.3 is 0 Å². The zero-order valence-corrected chi connectivity index (χ0v) is 12.1. The Balaban J connectivity index is 2.13. The SMILES string of the molecule is CN(C)C(=O)c1ccc(NCC2CC(O)C2)c([N+](=O)[O-])c1. The zero-order chi connectivity index (χ0) is 15.6. The molecular weight excluding hydrogens is 274 g/mol. The van der Waals surface area contributed by atoms with E-state index in [1.165, 1.54) is 11.0 Å². The Morgan fingerprint density at radius 1 is 1.48 bits per heavy atom. The van der Waals surface area contributed by atoms with E-state index in [1.807, 2.05) is 0 Å². The summed E-state index contributed by atoms with van der Waals surface area (Å²) in [5.41, 5.74) is 0.579. The first kappa shape index (κ1) is 15.2. The molecule has 114 valence electrons. The molecule has 1 fully saturated rings. The van der Waals surface area contributed by atoms with Crippen molar-refractivity contribution in [2.45, 2.75) is 18.9 Å². The lowest BCUT2D eigenvalue weighted by Gasteiger charge is -2.31. The van der Waals surface area contributed by atoms with E-state index in [9.17, 15) is 20.0 Å². The van der Waals surface area contributed by atoms with Crippen LogP contribution < -0.4 is 5.32 Å². The number of nitrogens with one attached hydrogen (secondary N) is 1. The Kier molecular flexibility index (Phi) is 4.42. The predicted octanol–water partition coefficient (Wildman–Crippen LogP) is 1.48. The number of nitro groups is 1. The third kappa shape index (κ3) is 3.49. The average molecular weight is 293 g/mol. The number of amides is 1. The van der Waals surface area contributed by atoms with Crippen molar-refractivity contribution in [2.24, 2.45) is 5.92 Å². The molecule has 0 saturated heterocycles. The number of hydrogen-bond acceptors (Lipinski definition) is 5. The Labute approximate surface area is 122 Å². The minimum Gasteiger partial charge on any atom is -0.393 e. The van der Waals surface area contributed by atoms with Gasteiger partial charge in [-0.25, -0.2) is 0 Å². The van der Waals surface area contributed by atoms with Gasteiger partial charge < -0.3 is 15.3 Å². The number of benzene rings is 1. The lowest BCUT2D eigenvalue weighted by molar-refractivity contribution is -0.384.